The Hall–Kier alpha value is -1.57. The van der Waals surface area contributed by atoms with Gasteiger partial charge in [-0.1, -0.05) is 12.5 Å². The summed E-state index contributed by atoms with van der Waals surface area (Å²) >= 11 is 0. The van der Waals surface area contributed by atoms with E-state index >= 15 is 0 Å². The quantitative estimate of drug-likeness (QED) is 0.894. The molecule has 2 rings (SSSR count). The number of rotatable bonds is 5. The molecule has 108 valence electrons. The maximum Gasteiger partial charge on any atom is 0.120 e. The number of nitrogens with zero attached hydrogens (tertiary/aromatic N) is 2. The van der Waals surface area contributed by atoms with Crippen molar-refractivity contribution in [3.63, 3.8) is 0 Å². The number of hydrogen-bond donors (Lipinski definition) is 1. The van der Waals surface area contributed by atoms with Crippen LogP contribution in [0.1, 0.15) is 31.7 Å². The van der Waals surface area contributed by atoms with E-state index in [1.807, 2.05) is 19.1 Å². The summed E-state index contributed by atoms with van der Waals surface area (Å²) in [5.41, 5.74) is 0.613. The maximum absolute atomic E-state index is 9.81. The Morgan fingerprint density at radius 1 is 1.50 bits per heavy atom. The summed E-state index contributed by atoms with van der Waals surface area (Å²) in [4.78, 5) is 2.31. The number of aliphatic hydroxyl groups excluding tert-OH is 1. The lowest BCUT2D eigenvalue weighted by Gasteiger charge is -2.37. The van der Waals surface area contributed by atoms with E-state index in [2.05, 4.69) is 11.0 Å². The lowest BCUT2D eigenvalue weighted by atomic mass is 9.98. The molecule has 1 fully saturated rings. The van der Waals surface area contributed by atoms with Gasteiger partial charge in [-0.25, -0.2) is 0 Å². The van der Waals surface area contributed by atoms with E-state index in [4.69, 9.17) is 10.00 Å². The monoisotopic (exact) mass is 274 g/mol. The highest BCUT2D eigenvalue weighted by Crippen LogP contribution is 2.19. The third-order valence-corrected chi connectivity index (χ3v) is 3.83. The Kier molecular flexibility index (Phi) is 5.40. The van der Waals surface area contributed by atoms with E-state index < -0.39 is 0 Å². The van der Waals surface area contributed by atoms with Crippen LogP contribution in [-0.2, 0) is 0 Å². The highest BCUT2D eigenvalue weighted by Gasteiger charge is 2.25. The van der Waals surface area contributed by atoms with Crippen LogP contribution in [0.4, 0.5) is 0 Å². The first kappa shape index (κ1) is 14.8. The number of likely N-dealkylation sites (tertiary alicyclic amines) is 1. The number of nitriles is 1. The number of benzene rings is 1. The van der Waals surface area contributed by atoms with Gasteiger partial charge < -0.3 is 9.84 Å². The molecular weight excluding hydrogens is 252 g/mol. The minimum atomic E-state index is -0.294. The van der Waals surface area contributed by atoms with Crippen molar-refractivity contribution in [1.82, 2.24) is 4.90 Å². The van der Waals surface area contributed by atoms with Gasteiger partial charge in [0.15, 0.2) is 0 Å². The van der Waals surface area contributed by atoms with Gasteiger partial charge in [-0.2, -0.15) is 5.26 Å². The van der Waals surface area contributed by atoms with Crippen molar-refractivity contribution in [2.75, 3.05) is 19.7 Å². The standard InChI is InChI=1S/C16H22N2O2/c1-13(19)16-7-2-3-8-18(16)9-10-20-15-6-4-5-14(11-15)12-17/h4-6,11,13,16,19H,2-3,7-10H2,1H3/t13-,16+/m1/s1. The van der Waals surface area contributed by atoms with E-state index in [0.717, 1.165) is 25.3 Å². The second kappa shape index (κ2) is 7.28. The van der Waals surface area contributed by atoms with Crippen molar-refractivity contribution in [1.29, 1.82) is 5.26 Å². The topological polar surface area (TPSA) is 56.5 Å². The number of hydrogen-bond acceptors (Lipinski definition) is 4. The molecule has 0 spiro atoms. The SMILES string of the molecule is C[C@@H](O)[C@@H]1CCCCN1CCOc1cccc(C#N)c1. The van der Waals surface area contributed by atoms with Crippen LogP contribution in [0, 0.1) is 11.3 Å². The van der Waals surface area contributed by atoms with Crippen molar-refractivity contribution in [2.45, 2.75) is 38.3 Å². The van der Waals surface area contributed by atoms with E-state index in [1.165, 1.54) is 12.8 Å². The fourth-order valence-electron chi connectivity index (χ4n) is 2.78. The van der Waals surface area contributed by atoms with Crippen molar-refractivity contribution < 1.29 is 9.84 Å². The third-order valence-electron chi connectivity index (χ3n) is 3.83. The summed E-state index contributed by atoms with van der Waals surface area (Å²) < 4.78 is 5.70. The van der Waals surface area contributed by atoms with Crippen molar-refractivity contribution in [3.8, 4) is 11.8 Å². The lowest BCUT2D eigenvalue weighted by Crippen LogP contribution is -2.47. The van der Waals surface area contributed by atoms with Gasteiger partial charge >= 0.3 is 0 Å². The highest BCUT2D eigenvalue weighted by molar-refractivity contribution is 5.36. The molecule has 0 aliphatic carbocycles. The van der Waals surface area contributed by atoms with Gasteiger partial charge in [-0.15, -0.1) is 0 Å². The van der Waals surface area contributed by atoms with Crippen molar-refractivity contribution in [3.05, 3.63) is 29.8 Å². The number of aliphatic hydroxyl groups is 1. The molecule has 20 heavy (non-hydrogen) atoms. The first-order chi connectivity index (χ1) is 9.70. The average molecular weight is 274 g/mol. The molecule has 1 saturated heterocycles. The van der Waals surface area contributed by atoms with Crippen LogP contribution in [0.25, 0.3) is 0 Å². The van der Waals surface area contributed by atoms with Crippen LogP contribution in [0.2, 0.25) is 0 Å². The molecule has 4 nitrogen and oxygen atoms in total. The molecule has 1 aliphatic rings. The Morgan fingerprint density at radius 2 is 2.35 bits per heavy atom. The zero-order valence-corrected chi connectivity index (χ0v) is 12.0. The number of piperidine rings is 1. The molecule has 0 bridgehead atoms. The maximum atomic E-state index is 9.81. The van der Waals surface area contributed by atoms with Crippen LogP contribution in [-0.4, -0.2) is 41.8 Å². The van der Waals surface area contributed by atoms with Gasteiger partial charge in [0.25, 0.3) is 0 Å². The molecular formula is C16H22N2O2. The van der Waals surface area contributed by atoms with E-state index in [1.54, 1.807) is 12.1 Å². The van der Waals surface area contributed by atoms with Gasteiger partial charge in [0.1, 0.15) is 12.4 Å². The van der Waals surface area contributed by atoms with Crippen LogP contribution in [0.15, 0.2) is 24.3 Å². The summed E-state index contributed by atoms with van der Waals surface area (Å²) in [7, 11) is 0. The number of ether oxygens (including phenoxy) is 1. The van der Waals surface area contributed by atoms with E-state index in [-0.39, 0.29) is 12.1 Å². The molecule has 0 radical (unpaired) electrons. The van der Waals surface area contributed by atoms with Gasteiger partial charge in [-0.05, 0) is 44.5 Å². The van der Waals surface area contributed by atoms with E-state index in [9.17, 15) is 5.11 Å². The fraction of sp³-hybridized carbons (Fsp3) is 0.562. The summed E-state index contributed by atoms with van der Waals surface area (Å²) in [5.74, 6) is 0.731. The molecule has 1 aromatic carbocycles. The molecule has 1 aliphatic heterocycles. The molecule has 4 heteroatoms. The van der Waals surface area contributed by atoms with Gasteiger partial charge in [0.2, 0.25) is 0 Å². The average Bonchev–Trinajstić information content (AvgIpc) is 2.48. The smallest absolute Gasteiger partial charge is 0.120 e. The summed E-state index contributed by atoms with van der Waals surface area (Å²) in [6.45, 7) is 4.28. The first-order valence-electron chi connectivity index (χ1n) is 7.26. The third kappa shape index (κ3) is 3.96. The normalized spacial score (nSPS) is 21.1. The van der Waals surface area contributed by atoms with Crippen LogP contribution in [0.3, 0.4) is 0 Å². The fourth-order valence-corrected chi connectivity index (χ4v) is 2.78. The summed E-state index contributed by atoms with van der Waals surface area (Å²) in [6.07, 6.45) is 3.14. The van der Waals surface area contributed by atoms with Crippen molar-refractivity contribution >= 4 is 0 Å². The molecule has 0 aromatic heterocycles. The molecule has 0 unspecified atom stereocenters. The second-order valence-corrected chi connectivity index (χ2v) is 5.33. The molecule has 0 saturated carbocycles. The Balaban J connectivity index is 1.83. The Morgan fingerprint density at radius 3 is 3.10 bits per heavy atom. The Labute approximate surface area is 120 Å². The second-order valence-electron chi connectivity index (χ2n) is 5.33. The molecule has 0 amide bonds. The highest BCUT2D eigenvalue weighted by atomic mass is 16.5. The Bertz CT molecular complexity index is 468. The lowest BCUT2D eigenvalue weighted by molar-refractivity contribution is 0.0293. The summed E-state index contributed by atoms with van der Waals surface area (Å²) in [5, 5.41) is 18.7. The minimum absolute atomic E-state index is 0.248. The predicted molar refractivity (Wildman–Crippen MR) is 77.5 cm³/mol. The zero-order chi connectivity index (χ0) is 14.4. The zero-order valence-electron chi connectivity index (χ0n) is 12.0. The van der Waals surface area contributed by atoms with E-state index in [0.29, 0.717) is 12.2 Å². The molecule has 2 atom stereocenters. The van der Waals surface area contributed by atoms with Crippen LogP contribution in [0.5, 0.6) is 5.75 Å². The molecule has 1 heterocycles. The van der Waals surface area contributed by atoms with Gasteiger partial charge in [-0.3, -0.25) is 4.90 Å². The van der Waals surface area contributed by atoms with Gasteiger partial charge in [0.05, 0.1) is 17.7 Å². The minimum Gasteiger partial charge on any atom is -0.492 e. The van der Waals surface area contributed by atoms with Crippen molar-refractivity contribution in [2.24, 2.45) is 0 Å². The van der Waals surface area contributed by atoms with Gasteiger partial charge in [0, 0.05) is 12.6 Å². The van der Waals surface area contributed by atoms with Crippen LogP contribution >= 0.6 is 0 Å². The summed E-state index contributed by atoms with van der Waals surface area (Å²) in [6, 6.07) is 9.56. The van der Waals surface area contributed by atoms with Crippen LogP contribution < -0.4 is 4.74 Å². The molecule has 1 aromatic rings. The first-order valence-corrected chi connectivity index (χ1v) is 7.26. The largest absolute Gasteiger partial charge is 0.492 e. The predicted octanol–water partition coefficient (Wildman–Crippen LogP) is 2.17. The molecule has 1 N–H and O–H groups in total.